The fraction of sp³-hybridized carbons (Fsp3) is 0.900. The molecule has 0 aliphatic carbocycles. The van der Waals surface area contributed by atoms with Gasteiger partial charge in [0.1, 0.15) is 12.0 Å². The van der Waals surface area contributed by atoms with Crippen LogP contribution in [0.15, 0.2) is 0 Å². The van der Waals surface area contributed by atoms with Gasteiger partial charge in [0.2, 0.25) is 0 Å². The number of nitrogens with zero attached hydrogens (tertiary/aromatic N) is 1. The van der Waals surface area contributed by atoms with Crippen LogP contribution in [-0.4, -0.2) is 37.1 Å². The molecule has 0 bridgehead atoms. The Morgan fingerprint density at radius 1 is 1.54 bits per heavy atom. The Morgan fingerprint density at radius 3 is 2.62 bits per heavy atom. The van der Waals surface area contributed by atoms with E-state index in [9.17, 15) is 4.79 Å². The first-order valence-electron chi connectivity index (χ1n) is 5.01. The maximum atomic E-state index is 10.8. The molecule has 0 aromatic carbocycles. The minimum Gasteiger partial charge on any atom is -0.363 e. The molecule has 78 valence electrons. The summed E-state index contributed by atoms with van der Waals surface area (Å²) in [7, 11) is 1.99. The largest absolute Gasteiger partial charge is 0.363 e. The van der Waals surface area contributed by atoms with Crippen LogP contribution in [0.5, 0.6) is 0 Å². The Bertz CT molecular complexity index is 148. The van der Waals surface area contributed by atoms with Gasteiger partial charge in [0.25, 0.3) is 0 Å². The summed E-state index contributed by atoms with van der Waals surface area (Å²) in [6, 6.07) is 0. The third-order valence-electron chi connectivity index (χ3n) is 1.92. The molecule has 1 rings (SSSR count). The predicted molar refractivity (Wildman–Crippen MR) is 53.6 cm³/mol. The summed E-state index contributed by atoms with van der Waals surface area (Å²) in [5, 5.41) is 0. The predicted octanol–water partition coefficient (Wildman–Crippen LogP) is 1.67. The molecule has 0 saturated carbocycles. The van der Waals surface area contributed by atoms with Gasteiger partial charge in [-0.05, 0) is 20.4 Å². The van der Waals surface area contributed by atoms with Crippen LogP contribution in [0, 0.1) is 0 Å². The van der Waals surface area contributed by atoms with Gasteiger partial charge < -0.3 is 4.74 Å². The Kier molecular flexibility index (Phi) is 6.82. The van der Waals surface area contributed by atoms with Crippen molar-refractivity contribution in [3.63, 3.8) is 0 Å². The van der Waals surface area contributed by atoms with Crippen LogP contribution in [0.4, 0.5) is 0 Å². The molecule has 0 spiro atoms. The Hall–Kier alpha value is -0.410. The van der Waals surface area contributed by atoms with Crippen LogP contribution in [0.2, 0.25) is 0 Å². The normalized spacial score (nSPS) is 23.2. The van der Waals surface area contributed by atoms with Crippen LogP contribution < -0.4 is 0 Å². The smallest absolute Gasteiger partial charge is 0.133 e. The lowest BCUT2D eigenvalue weighted by atomic mass is 10.2. The molecule has 3 heteroatoms. The molecule has 1 aliphatic rings. The lowest BCUT2D eigenvalue weighted by molar-refractivity contribution is -0.129. The number of ether oxygens (including phenoxy) is 1. The van der Waals surface area contributed by atoms with Gasteiger partial charge in [-0.25, -0.2) is 0 Å². The van der Waals surface area contributed by atoms with Gasteiger partial charge in [-0.15, -0.1) is 0 Å². The van der Waals surface area contributed by atoms with Crippen molar-refractivity contribution in [1.29, 1.82) is 0 Å². The second-order valence-corrected chi connectivity index (χ2v) is 3.07. The molecule has 0 aromatic heterocycles. The Morgan fingerprint density at radius 2 is 2.15 bits per heavy atom. The second kappa shape index (κ2) is 7.04. The highest BCUT2D eigenvalue weighted by molar-refractivity contribution is 5.75. The summed E-state index contributed by atoms with van der Waals surface area (Å²) < 4.78 is 5.41. The molecule has 1 unspecified atom stereocenters. The van der Waals surface area contributed by atoms with Gasteiger partial charge in [0.15, 0.2) is 0 Å². The summed E-state index contributed by atoms with van der Waals surface area (Å²) in [6.07, 6.45) is 1.63. The van der Waals surface area contributed by atoms with E-state index in [1.807, 2.05) is 20.9 Å². The van der Waals surface area contributed by atoms with Crippen molar-refractivity contribution >= 4 is 5.78 Å². The number of Topliss-reactive ketones (excluding diaryl/α,β-unsaturated/α-hetero) is 1. The van der Waals surface area contributed by atoms with Gasteiger partial charge >= 0.3 is 0 Å². The number of hydrogen-bond acceptors (Lipinski definition) is 3. The maximum absolute atomic E-state index is 10.8. The molecule has 0 N–H and O–H groups in total. The fourth-order valence-electron chi connectivity index (χ4n) is 1.27. The second-order valence-electron chi connectivity index (χ2n) is 3.07. The topological polar surface area (TPSA) is 29.5 Å². The van der Waals surface area contributed by atoms with Crippen molar-refractivity contribution in [2.75, 3.05) is 20.2 Å². The average molecular weight is 187 g/mol. The van der Waals surface area contributed by atoms with Gasteiger partial charge in [-0.2, -0.15) is 0 Å². The maximum Gasteiger partial charge on any atom is 0.133 e. The Labute approximate surface area is 81.1 Å². The third kappa shape index (κ3) is 5.01. The summed E-state index contributed by atoms with van der Waals surface area (Å²) in [5.41, 5.74) is 0. The minimum atomic E-state index is 0.0289. The van der Waals surface area contributed by atoms with Crippen molar-refractivity contribution in [3.8, 4) is 0 Å². The molecule has 1 heterocycles. The number of hydrogen-bond donors (Lipinski definition) is 0. The lowest BCUT2D eigenvalue weighted by Gasteiger charge is -2.31. The van der Waals surface area contributed by atoms with Crippen molar-refractivity contribution in [2.24, 2.45) is 0 Å². The van der Waals surface area contributed by atoms with E-state index < -0.39 is 0 Å². The van der Waals surface area contributed by atoms with E-state index in [1.165, 1.54) is 0 Å². The molecule has 1 aliphatic heterocycles. The minimum absolute atomic E-state index is 0.0289. The van der Waals surface area contributed by atoms with Crippen LogP contribution in [0.3, 0.4) is 0 Å². The number of carbonyl (C=O) groups excluding carboxylic acids is 1. The van der Waals surface area contributed by atoms with Crippen molar-refractivity contribution in [1.82, 2.24) is 4.90 Å². The third-order valence-corrected chi connectivity index (χ3v) is 1.92. The summed E-state index contributed by atoms with van der Waals surface area (Å²) in [6.45, 7) is 7.44. The highest BCUT2D eigenvalue weighted by atomic mass is 16.5. The lowest BCUT2D eigenvalue weighted by Crippen LogP contribution is -2.40. The van der Waals surface area contributed by atoms with Gasteiger partial charge in [0.05, 0.1) is 0 Å². The van der Waals surface area contributed by atoms with Gasteiger partial charge in [-0.3, -0.25) is 9.69 Å². The molecule has 1 saturated heterocycles. The van der Waals surface area contributed by atoms with Crippen LogP contribution >= 0.6 is 0 Å². The molecule has 3 nitrogen and oxygen atoms in total. The van der Waals surface area contributed by atoms with E-state index in [0.29, 0.717) is 6.42 Å². The highest BCUT2D eigenvalue weighted by Gasteiger charge is 2.20. The molecule has 1 fully saturated rings. The molecular formula is C10H21NO2. The summed E-state index contributed by atoms with van der Waals surface area (Å²) >= 11 is 0. The van der Waals surface area contributed by atoms with Gasteiger partial charge in [-0.1, -0.05) is 13.8 Å². The van der Waals surface area contributed by atoms with E-state index in [-0.39, 0.29) is 12.0 Å². The highest BCUT2D eigenvalue weighted by Crippen LogP contribution is 2.10. The standard InChI is InChI=1S/C8H15NO2.C2H6/c1-7(10)6-8-9(2)4-3-5-11-8;1-2/h8H,3-6H2,1-2H3;1-2H3. The zero-order valence-electron chi connectivity index (χ0n) is 9.17. The summed E-state index contributed by atoms with van der Waals surface area (Å²) in [5.74, 6) is 0.198. The van der Waals surface area contributed by atoms with Gasteiger partial charge in [0, 0.05) is 19.6 Å². The van der Waals surface area contributed by atoms with Crippen molar-refractivity contribution < 1.29 is 9.53 Å². The SMILES string of the molecule is CC.CC(=O)CC1OCCCN1C. The zero-order chi connectivity index (χ0) is 10.3. The van der Waals surface area contributed by atoms with E-state index >= 15 is 0 Å². The van der Waals surface area contributed by atoms with Crippen molar-refractivity contribution in [2.45, 2.75) is 39.8 Å². The van der Waals surface area contributed by atoms with E-state index in [0.717, 1.165) is 19.6 Å². The van der Waals surface area contributed by atoms with E-state index in [1.54, 1.807) is 6.92 Å². The fourth-order valence-corrected chi connectivity index (χ4v) is 1.27. The first kappa shape index (κ1) is 12.6. The molecule has 0 amide bonds. The first-order valence-corrected chi connectivity index (χ1v) is 5.01. The molecular weight excluding hydrogens is 166 g/mol. The zero-order valence-corrected chi connectivity index (χ0v) is 9.17. The average Bonchev–Trinajstić information content (AvgIpc) is 2.12. The molecule has 13 heavy (non-hydrogen) atoms. The quantitative estimate of drug-likeness (QED) is 0.658. The van der Waals surface area contributed by atoms with E-state index in [4.69, 9.17) is 4.74 Å². The number of rotatable bonds is 2. The first-order chi connectivity index (χ1) is 6.20. The van der Waals surface area contributed by atoms with Crippen LogP contribution in [0.1, 0.15) is 33.6 Å². The monoisotopic (exact) mass is 187 g/mol. The van der Waals surface area contributed by atoms with Crippen LogP contribution in [-0.2, 0) is 9.53 Å². The molecule has 1 atom stereocenters. The van der Waals surface area contributed by atoms with E-state index in [2.05, 4.69) is 4.90 Å². The van der Waals surface area contributed by atoms with Crippen molar-refractivity contribution in [3.05, 3.63) is 0 Å². The molecule has 0 aromatic rings. The Balaban J connectivity index is 0.000000671. The number of carbonyl (C=O) groups is 1. The van der Waals surface area contributed by atoms with Crippen LogP contribution in [0.25, 0.3) is 0 Å². The molecule has 0 radical (unpaired) electrons. The number of ketones is 1. The summed E-state index contributed by atoms with van der Waals surface area (Å²) in [4.78, 5) is 12.8.